The molecule has 7 heteroatoms. The Bertz CT molecular complexity index is 1020. The SMILES string of the molecule is COC(=O)c1ccc(Cl)c(OCc2ccc(OC)cc2)c1OCc1ccc(OC)cc1. The molecule has 0 heterocycles. The first kappa shape index (κ1) is 22.3. The van der Waals surface area contributed by atoms with Crippen molar-refractivity contribution >= 4 is 17.6 Å². The summed E-state index contributed by atoms with van der Waals surface area (Å²) >= 11 is 6.39. The third-order valence-electron chi connectivity index (χ3n) is 4.55. The number of hydrogen-bond donors (Lipinski definition) is 0. The first-order valence-electron chi connectivity index (χ1n) is 9.48. The second kappa shape index (κ2) is 10.6. The number of carbonyl (C=O) groups excluding carboxylic acids is 1. The molecule has 0 aliphatic heterocycles. The van der Waals surface area contributed by atoms with Gasteiger partial charge in [-0.25, -0.2) is 4.79 Å². The molecule has 0 saturated carbocycles. The van der Waals surface area contributed by atoms with Crippen LogP contribution in [0.4, 0.5) is 0 Å². The number of benzene rings is 3. The molecule has 0 radical (unpaired) electrons. The number of methoxy groups -OCH3 is 3. The van der Waals surface area contributed by atoms with Crippen molar-refractivity contribution in [3.8, 4) is 23.0 Å². The highest BCUT2D eigenvalue weighted by molar-refractivity contribution is 6.32. The average Bonchev–Trinajstić information content (AvgIpc) is 2.82. The number of halogens is 1. The molecule has 0 bridgehead atoms. The molecule has 6 nitrogen and oxygen atoms in total. The zero-order valence-electron chi connectivity index (χ0n) is 17.5. The van der Waals surface area contributed by atoms with Crippen LogP contribution in [-0.2, 0) is 18.0 Å². The molecule has 162 valence electrons. The molecular weight excluding hydrogens is 420 g/mol. The lowest BCUT2D eigenvalue weighted by Crippen LogP contribution is -2.08. The fourth-order valence-electron chi connectivity index (χ4n) is 2.84. The van der Waals surface area contributed by atoms with Crippen molar-refractivity contribution in [3.05, 3.63) is 82.4 Å². The van der Waals surface area contributed by atoms with E-state index in [-0.39, 0.29) is 30.3 Å². The van der Waals surface area contributed by atoms with Crippen LogP contribution >= 0.6 is 11.6 Å². The van der Waals surface area contributed by atoms with Crippen LogP contribution in [0.5, 0.6) is 23.0 Å². The topological polar surface area (TPSA) is 63.2 Å². The highest BCUT2D eigenvalue weighted by Gasteiger charge is 2.21. The van der Waals surface area contributed by atoms with Gasteiger partial charge in [-0.3, -0.25) is 0 Å². The Morgan fingerprint density at radius 2 is 1.19 bits per heavy atom. The summed E-state index contributed by atoms with van der Waals surface area (Å²) < 4.78 is 27.2. The summed E-state index contributed by atoms with van der Waals surface area (Å²) in [6.45, 7) is 0.431. The molecule has 0 aromatic heterocycles. The number of carbonyl (C=O) groups is 1. The molecule has 0 atom stereocenters. The minimum Gasteiger partial charge on any atom is -0.497 e. The third kappa shape index (κ3) is 5.61. The molecule has 3 aromatic rings. The standard InChI is InChI=1S/C24H23ClO6/c1-27-18-8-4-16(5-9-18)14-30-22-20(24(26)29-3)12-13-21(25)23(22)31-15-17-6-10-19(28-2)11-7-17/h4-13H,14-15H2,1-3H3. The van der Waals surface area contributed by atoms with E-state index in [4.69, 9.17) is 35.3 Å². The van der Waals surface area contributed by atoms with Crippen molar-refractivity contribution in [2.75, 3.05) is 21.3 Å². The molecule has 31 heavy (non-hydrogen) atoms. The van der Waals surface area contributed by atoms with Crippen LogP contribution in [-0.4, -0.2) is 27.3 Å². The van der Waals surface area contributed by atoms with Gasteiger partial charge in [0.25, 0.3) is 0 Å². The molecule has 0 aliphatic rings. The van der Waals surface area contributed by atoms with Gasteiger partial charge in [0, 0.05) is 0 Å². The Labute approximate surface area is 186 Å². The van der Waals surface area contributed by atoms with Crippen molar-refractivity contribution in [1.29, 1.82) is 0 Å². The molecule has 0 fully saturated rings. The van der Waals surface area contributed by atoms with E-state index in [1.807, 2.05) is 48.5 Å². The molecule has 0 aliphatic carbocycles. The van der Waals surface area contributed by atoms with E-state index in [9.17, 15) is 4.79 Å². The average molecular weight is 443 g/mol. The molecular formula is C24H23ClO6. The van der Waals surface area contributed by atoms with Gasteiger partial charge in [-0.05, 0) is 47.5 Å². The highest BCUT2D eigenvalue weighted by atomic mass is 35.5. The van der Waals surface area contributed by atoms with Crippen LogP contribution in [0.25, 0.3) is 0 Å². The van der Waals surface area contributed by atoms with E-state index in [2.05, 4.69) is 0 Å². The van der Waals surface area contributed by atoms with Gasteiger partial charge in [0.05, 0.1) is 26.4 Å². The molecule has 3 rings (SSSR count). The Morgan fingerprint density at radius 1 is 0.710 bits per heavy atom. The first-order chi connectivity index (χ1) is 15.0. The van der Waals surface area contributed by atoms with Crippen molar-refractivity contribution < 1.29 is 28.5 Å². The van der Waals surface area contributed by atoms with Crippen LogP contribution in [0.2, 0.25) is 5.02 Å². The Kier molecular flexibility index (Phi) is 7.62. The van der Waals surface area contributed by atoms with E-state index in [1.165, 1.54) is 7.11 Å². The highest BCUT2D eigenvalue weighted by Crippen LogP contribution is 2.39. The lowest BCUT2D eigenvalue weighted by Gasteiger charge is -2.17. The van der Waals surface area contributed by atoms with Crippen molar-refractivity contribution in [2.24, 2.45) is 0 Å². The number of rotatable bonds is 9. The molecule has 0 saturated heterocycles. The number of hydrogen-bond acceptors (Lipinski definition) is 6. The summed E-state index contributed by atoms with van der Waals surface area (Å²) in [6.07, 6.45) is 0. The molecule has 0 N–H and O–H groups in total. The van der Waals surface area contributed by atoms with E-state index < -0.39 is 5.97 Å². The van der Waals surface area contributed by atoms with Crippen LogP contribution < -0.4 is 18.9 Å². The van der Waals surface area contributed by atoms with Gasteiger partial charge in [0.2, 0.25) is 0 Å². The second-order valence-corrected chi connectivity index (χ2v) is 6.93. The monoisotopic (exact) mass is 442 g/mol. The van der Waals surface area contributed by atoms with Gasteiger partial charge in [-0.2, -0.15) is 0 Å². The summed E-state index contributed by atoms with van der Waals surface area (Å²) in [7, 11) is 4.52. The maximum absolute atomic E-state index is 12.3. The van der Waals surface area contributed by atoms with Crippen molar-refractivity contribution in [2.45, 2.75) is 13.2 Å². The van der Waals surface area contributed by atoms with E-state index in [1.54, 1.807) is 26.4 Å². The predicted octanol–water partition coefficient (Wildman–Crippen LogP) is 5.30. The molecule has 0 unspecified atom stereocenters. The van der Waals surface area contributed by atoms with Gasteiger partial charge in [0.15, 0.2) is 11.5 Å². The fraction of sp³-hybridized carbons (Fsp3) is 0.208. The zero-order chi connectivity index (χ0) is 22.2. The number of esters is 1. The summed E-state index contributed by atoms with van der Waals surface area (Å²) in [5.74, 6) is 1.44. The molecule has 0 spiro atoms. The summed E-state index contributed by atoms with van der Waals surface area (Å²) in [6, 6.07) is 18.0. The third-order valence-corrected chi connectivity index (χ3v) is 4.85. The smallest absolute Gasteiger partial charge is 0.341 e. The Hall–Kier alpha value is -3.38. The van der Waals surface area contributed by atoms with Gasteiger partial charge >= 0.3 is 5.97 Å². The van der Waals surface area contributed by atoms with Gasteiger partial charge in [-0.15, -0.1) is 0 Å². The van der Waals surface area contributed by atoms with E-state index in [0.29, 0.717) is 5.02 Å². The largest absolute Gasteiger partial charge is 0.497 e. The van der Waals surface area contributed by atoms with Gasteiger partial charge in [-0.1, -0.05) is 35.9 Å². The van der Waals surface area contributed by atoms with Gasteiger partial charge < -0.3 is 23.7 Å². The first-order valence-corrected chi connectivity index (χ1v) is 9.85. The lowest BCUT2D eigenvalue weighted by atomic mass is 10.1. The lowest BCUT2D eigenvalue weighted by molar-refractivity contribution is 0.0594. The van der Waals surface area contributed by atoms with E-state index in [0.717, 1.165) is 22.6 Å². The maximum atomic E-state index is 12.3. The van der Waals surface area contributed by atoms with Crippen molar-refractivity contribution in [1.82, 2.24) is 0 Å². The summed E-state index contributed by atoms with van der Waals surface area (Å²) in [5.41, 5.74) is 2.02. The van der Waals surface area contributed by atoms with Crippen LogP contribution in [0, 0.1) is 0 Å². The van der Waals surface area contributed by atoms with E-state index >= 15 is 0 Å². The summed E-state index contributed by atoms with van der Waals surface area (Å²) in [5, 5.41) is 0.325. The molecule has 0 amide bonds. The fourth-order valence-corrected chi connectivity index (χ4v) is 3.05. The second-order valence-electron chi connectivity index (χ2n) is 6.52. The Balaban J connectivity index is 1.85. The summed E-state index contributed by atoms with van der Waals surface area (Å²) in [4.78, 5) is 12.3. The normalized spacial score (nSPS) is 10.3. The van der Waals surface area contributed by atoms with Crippen LogP contribution in [0.3, 0.4) is 0 Å². The van der Waals surface area contributed by atoms with Crippen molar-refractivity contribution in [3.63, 3.8) is 0 Å². The molecule has 3 aromatic carbocycles. The Morgan fingerprint density at radius 3 is 1.65 bits per heavy atom. The number of ether oxygens (including phenoxy) is 5. The van der Waals surface area contributed by atoms with Crippen LogP contribution in [0.15, 0.2) is 60.7 Å². The van der Waals surface area contributed by atoms with Gasteiger partial charge in [0.1, 0.15) is 30.3 Å². The quantitative estimate of drug-likeness (QED) is 0.419. The minimum absolute atomic E-state index is 0.202. The van der Waals surface area contributed by atoms with Crippen LogP contribution in [0.1, 0.15) is 21.5 Å². The zero-order valence-corrected chi connectivity index (χ0v) is 18.3. The maximum Gasteiger partial charge on any atom is 0.341 e. The predicted molar refractivity (Wildman–Crippen MR) is 117 cm³/mol. The minimum atomic E-state index is -0.546.